The average molecular weight is 308 g/mol. The van der Waals surface area contributed by atoms with Crippen LogP contribution in [0.2, 0.25) is 0 Å². The normalized spacial score (nSPS) is 14.8. The van der Waals surface area contributed by atoms with Crippen molar-refractivity contribution in [1.82, 2.24) is 9.97 Å². The van der Waals surface area contributed by atoms with E-state index in [2.05, 4.69) is 38.1 Å². The zero-order chi connectivity index (χ0) is 12.5. The molecule has 1 aliphatic rings. The van der Waals surface area contributed by atoms with E-state index in [1.54, 1.807) is 0 Å². The van der Waals surface area contributed by atoms with Crippen LogP contribution in [0.4, 0.5) is 5.82 Å². The summed E-state index contributed by atoms with van der Waals surface area (Å²) in [6, 6.07) is 5.78. The molecule has 3 rings (SSSR count). The number of anilines is 1. The van der Waals surface area contributed by atoms with Crippen molar-refractivity contribution in [3.63, 3.8) is 0 Å². The fourth-order valence-corrected chi connectivity index (χ4v) is 2.18. The van der Waals surface area contributed by atoms with Crippen molar-refractivity contribution >= 4 is 21.7 Å². The molecule has 1 aliphatic carbocycles. The first kappa shape index (κ1) is 11.7. The molecule has 0 amide bonds. The Kier molecular flexibility index (Phi) is 3.07. The molecular weight excluding hydrogens is 294 g/mol. The van der Waals surface area contributed by atoms with Gasteiger partial charge in [0.2, 0.25) is 0 Å². The van der Waals surface area contributed by atoms with Gasteiger partial charge < -0.3 is 9.73 Å². The summed E-state index contributed by atoms with van der Waals surface area (Å²) >= 11 is 3.30. The van der Waals surface area contributed by atoms with Crippen molar-refractivity contribution in [3.05, 3.63) is 28.6 Å². The van der Waals surface area contributed by atoms with Crippen LogP contribution in [-0.4, -0.2) is 16.5 Å². The van der Waals surface area contributed by atoms with Crippen molar-refractivity contribution in [2.45, 2.75) is 25.7 Å². The SMILES string of the molecule is CCNc1cc(C2CC2)nc(-c2ccc(Br)o2)n1. The van der Waals surface area contributed by atoms with Gasteiger partial charge in [0.25, 0.3) is 0 Å². The number of nitrogens with one attached hydrogen (secondary N) is 1. The lowest BCUT2D eigenvalue weighted by Gasteiger charge is -2.06. The van der Waals surface area contributed by atoms with Crippen LogP contribution < -0.4 is 5.32 Å². The Labute approximate surface area is 114 Å². The van der Waals surface area contributed by atoms with Crippen LogP contribution in [0.3, 0.4) is 0 Å². The molecule has 18 heavy (non-hydrogen) atoms. The number of halogens is 1. The van der Waals surface area contributed by atoms with Crippen LogP contribution in [0.1, 0.15) is 31.4 Å². The molecular formula is C13H14BrN3O. The van der Waals surface area contributed by atoms with Crippen LogP contribution in [0.15, 0.2) is 27.3 Å². The van der Waals surface area contributed by atoms with E-state index < -0.39 is 0 Å². The van der Waals surface area contributed by atoms with Crippen molar-refractivity contribution < 1.29 is 4.42 Å². The van der Waals surface area contributed by atoms with E-state index in [1.807, 2.05) is 18.2 Å². The van der Waals surface area contributed by atoms with Crippen molar-refractivity contribution in [2.75, 3.05) is 11.9 Å². The molecule has 2 aromatic heterocycles. The van der Waals surface area contributed by atoms with E-state index in [0.717, 1.165) is 18.1 Å². The van der Waals surface area contributed by atoms with Gasteiger partial charge in [-0.1, -0.05) is 0 Å². The van der Waals surface area contributed by atoms with Gasteiger partial charge in [-0.15, -0.1) is 0 Å². The Morgan fingerprint density at radius 3 is 2.83 bits per heavy atom. The number of rotatable bonds is 4. The summed E-state index contributed by atoms with van der Waals surface area (Å²) in [5.41, 5.74) is 1.11. The van der Waals surface area contributed by atoms with Crippen LogP contribution in [0.25, 0.3) is 11.6 Å². The van der Waals surface area contributed by atoms with E-state index in [-0.39, 0.29) is 0 Å². The van der Waals surface area contributed by atoms with Gasteiger partial charge in [0.15, 0.2) is 16.3 Å². The maximum Gasteiger partial charge on any atom is 0.197 e. The van der Waals surface area contributed by atoms with Gasteiger partial charge in [0, 0.05) is 24.2 Å². The van der Waals surface area contributed by atoms with Gasteiger partial charge in [-0.2, -0.15) is 0 Å². The molecule has 2 heterocycles. The second-order valence-corrected chi connectivity index (χ2v) is 5.19. The third-order valence-corrected chi connectivity index (χ3v) is 3.32. The molecule has 0 aromatic carbocycles. The lowest BCUT2D eigenvalue weighted by molar-refractivity contribution is 0.551. The molecule has 1 saturated carbocycles. The Bertz CT molecular complexity index is 563. The minimum absolute atomic E-state index is 0.600. The Hall–Kier alpha value is -1.36. The smallest absolute Gasteiger partial charge is 0.197 e. The highest BCUT2D eigenvalue weighted by molar-refractivity contribution is 9.10. The first-order valence-electron chi connectivity index (χ1n) is 6.15. The first-order valence-corrected chi connectivity index (χ1v) is 6.94. The fourth-order valence-electron chi connectivity index (χ4n) is 1.87. The molecule has 1 N–H and O–H groups in total. The standard InChI is InChI=1S/C13H14BrN3O/c1-2-15-12-7-9(8-3-4-8)16-13(17-12)10-5-6-11(14)18-10/h5-8H,2-4H2,1H3,(H,15,16,17). The van der Waals surface area contributed by atoms with Crippen molar-refractivity contribution in [3.8, 4) is 11.6 Å². The van der Waals surface area contributed by atoms with Crippen LogP contribution in [0.5, 0.6) is 0 Å². The topological polar surface area (TPSA) is 51.0 Å². The maximum absolute atomic E-state index is 5.52. The van der Waals surface area contributed by atoms with Gasteiger partial charge in [-0.25, -0.2) is 9.97 Å². The largest absolute Gasteiger partial charge is 0.446 e. The van der Waals surface area contributed by atoms with Crippen molar-refractivity contribution in [1.29, 1.82) is 0 Å². The highest BCUT2D eigenvalue weighted by Gasteiger charge is 2.26. The molecule has 0 radical (unpaired) electrons. The number of aromatic nitrogens is 2. The molecule has 0 aliphatic heterocycles. The molecule has 1 fully saturated rings. The number of furan rings is 1. The molecule has 0 unspecified atom stereocenters. The van der Waals surface area contributed by atoms with Gasteiger partial charge in [-0.3, -0.25) is 0 Å². The summed E-state index contributed by atoms with van der Waals surface area (Å²) in [6.07, 6.45) is 2.45. The van der Waals surface area contributed by atoms with Crippen LogP contribution in [-0.2, 0) is 0 Å². The highest BCUT2D eigenvalue weighted by Crippen LogP contribution is 2.40. The Morgan fingerprint density at radius 2 is 2.22 bits per heavy atom. The lowest BCUT2D eigenvalue weighted by Crippen LogP contribution is -2.03. The van der Waals surface area contributed by atoms with Gasteiger partial charge >= 0.3 is 0 Å². The quantitative estimate of drug-likeness (QED) is 0.933. The predicted octanol–water partition coefficient (Wildman–Crippen LogP) is 3.81. The van der Waals surface area contributed by atoms with E-state index >= 15 is 0 Å². The summed E-state index contributed by atoms with van der Waals surface area (Å²) < 4.78 is 6.22. The maximum atomic E-state index is 5.52. The minimum atomic E-state index is 0.600. The summed E-state index contributed by atoms with van der Waals surface area (Å²) in [5.74, 6) is 2.82. The third-order valence-electron chi connectivity index (χ3n) is 2.89. The zero-order valence-electron chi connectivity index (χ0n) is 10.1. The third kappa shape index (κ3) is 2.41. The van der Waals surface area contributed by atoms with Crippen molar-refractivity contribution in [2.24, 2.45) is 0 Å². The Balaban J connectivity index is 2.01. The monoisotopic (exact) mass is 307 g/mol. The lowest BCUT2D eigenvalue weighted by atomic mass is 10.2. The summed E-state index contributed by atoms with van der Waals surface area (Å²) in [6.45, 7) is 2.91. The van der Waals surface area contributed by atoms with Crippen LogP contribution in [0, 0.1) is 0 Å². The van der Waals surface area contributed by atoms with Gasteiger partial charge in [0.05, 0.1) is 0 Å². The minimum Gasteiger partial charge on any atom is -0.446 e. The second kappa shape index (κ2) is 4.72. The van der Waals surface area contributed by atoms with E-state index in [0.29, 0.717) is 22.2 Å². The van der Waals surface area contributed by atoms with Crippen LogP contribution >= 0.6 is 15.9 Å². The van der Waals surface area contributed by atoms with Gasteiger partial charge in [-0.05, 0) is 47.8 Å². The number of hydrogen-bond acceptors (Lipinski definition) is 4. The highest BCUT2D eigenvalue weighted by atomic mass is 79.9. The summed E-state index contributed by atoms with van der Waals surface area (Å²) in [7, 11) is 0. The summed E-state index contributed by atoms with van der Waals surface area (Å²) in [4.78, 5) is 9.08. The molecule has 4 nitrogen and oxygen atoms in total. The molecule has 94 valence electrons. The van der Waals surface area contributed by atoms with Gasteiger partial charge in [0.1, 0.15) is 5.82 Å². The number of hydrogen-bond donors (Lipinski definition) is 1. The molecule has 5 heteroatoms. The molecule has 0 bridgehead atoms. The zero-order valence-corrected chi connectivity index (χ0v) is 11.7. The molecule has 0 atom stereocenters. The molecule has 2 aromatic rings. The first-order chi connectivity index (χ1) is 8.76. The second-order valence-electron chi connectivity index (χ2n) is 4.41. The van der Waals surface area contributed by atoms with E-state index in [9.17, 15) is 0 Å². The Morgan fingerprint density at radius 1 is 1.39 bits per heavy atom. The average Bonchev–Trinajstić information content (AvgIpc) is 3.12. The van der Waals surface area contributed by atoms with E-state index in [4.69, 9.17) is 4.42 Å². The fraction of sp³-hybridized carbons (Fsp3) is 0.385. The number of nitrogens with zero attached hydrogens (tertiary/aromatic N) is 2. The summed E-state index contributed by atoms with van der Waals surface area (Å²) in [5, 5.41) is 3.24. The predicted molar refractivity (Wildman–Crippen MR) is 73.6 cm³/mol. The molecule has 0 saturated heterocycles. The van der Waals surface area contributed by atoms with E-state index in [1.165, 1.54) is 12.8 Å². The molecule has 0 spiro atoms.